The Hall–Kier alpha value is -2.29. The van der Waals surface area contributed by atoms with E-state index in [0.717, 1.165) is 6.92 Å². The van der Waals surface area contributed by atoms with Crippen molar-refractivity contribution in [2.24, 2.45) is 5.92 Å². The second-order valence-electron chi connectivity index (χ2n) is 7.41. The summed E-state index contributed by atoms with van der Waals surface area (Å²) >= 11 is 0. The molecule has 0 aromatic carbocycles. The van der Waals surface area contributed by atoms with Crippen molar-refractivity contribution in [3.63, 3.8) is 0 Å². The van der Waals surface area contributed by atoms with Crippen LogP contribution in [-0.4, -0.2) is 63.1 Å². The van der Waals surface area contributed by atoms with Gasteiger partial charge in [-0.05, 0) is 39.3 Å². The van der Waals surface area contributed by atoms with Gasteiger partial charge in [-0.3, -0.25) is 4.79 Å². The molecule has 1 aliphatic carbocycles. The summed E-state index contributed by atoms with van der Waals surface area (Å²) in [7, 11) is 0. The fourth-order valence-corrected chi connectivity index (χ4v) is 3.20. The van der Waals surface area contributed by atoms with E-state index >= 15 is 0 Å². The number of Topliss-reactive ketones (excluding diaryl/α,β-unsaturated/α-hetero) is 1. The Bertz CT molecular complexity index is 760. The van der Waals surface area contributed by atoms with Crippen molar-refractivity contribution in [2.45, 2.75) is 64.1 Å². The Kier molecular flexibility index (Phi) is 6.27. The van der Waals surface area contributed by atoms with E-state index in [2.05, 4.69) is 6.58 Å². The Morgan fingerprint density at radius 1 is 1.39 bits per heavy atom. The molecule has 8 heteroatoms. The number of esters is 2. The summed E-state index contributed by atoms with van der Waals surface area (Å²) in [5.74, 6) is -3.41. The van der Waals surface area contributed by atoms with E-state index in [1.54, 1.807) is 13.8 Å². The molecular formula is C20H26O8. The molecule has 1 aliphatic heterocycles. The average Bonchev–Trinajstić information content (AvgIpc) is 2.90. The maximum absolute atomic E-state index is 12.5. The van der Waals surface area contributed by atoms with Gasteiger partial charge in [0.15, 0.2) is 5.78 Å². The maximum atomic E-state index is 12.5. The van der Waals surface area contributed by atoms with E-state index < -0.39 is 60.1 Å². The van der Waals surface area contributed by atoms with E-state index in [4.69, 9.17) is 9.47 Å². The van der Waals surface area contributed by atoms with Crippen molar-refractivity contribution in [3.05, 3.63) is 35.5 Å². The minimum absolute atomic E-state index is 0.0673. The highest BCUT2D eigenvalue weighted by Gasteiger charge is 2.54. The number of ether oxygens (including phenoxy) is 2. The summed E-state index contributed by atoms with van der Waals surface area (Å²) in [6, 6.07) is 0. The first-order valence-electron chi connectivity index (χ1n) is 8.95. The summed E-state index contributed by atoms with van der Waals surface area (Å²) in [6.07, 6.45) is -3.11. The van der Waals surface area contributed by atoms with Crippen LogP contribution in [0.1, 0.15) is 34.1 Å². The zero-order valence-electron chi connectivity index (χ0n) is 16.3. The first-order valence-corrected chi connectivity index (χ1v) is 8.95. The quantitative estimate of drug-likeness (QED) is 0.348. The van der Waals surface area contributed by atoms with Crippen molar-refractivity contribution in [1.29, 1.82) is 0 Å². The van der Waals surface area contributed by atoms with Gasteiger partial charge in [0.2, 0.25) is 0 Å². The highest BCUT2D eigenvalue weighted by atomic mass is 16.6. The predicted octanol–water partition coefficient (Wildman–Crippen LogP) is 0.354. The van der Waals surface area contributed by atoms with Gasteiger partial charge < -0.3 is 24.8 Å². The van der Waals surface area contributed by atoms with Crippen molar-refractivity contribution in [2.75, 3.05) is 0 Å². The van der Waals surface area contributed by atoms with Gasteiger partial charge in [-0.15, -0.1) is 0 Å². The van der Waals surface area contributed by atoms with Gasteiger partial charge in [0, 0.05) is 17.6 Å². The highest BCUT2D eigenvalue weighted by Crippen LogP contribution is 2.38. The molecule has 1 saturated heterocycles. The molecular weight excluding hydrogens is 368 g/mol. The third-order valence-corrected chi connectivity index (χ3v) is 5.40. The lowest BCUT2D eigenvalue weighted by Crippen LogP contribution is -2.57. The van der Waals surface area contributed by atoms with E-state index in [9.17, 15) is 29.7 Å². The third-order valence-electron chi connectivity index (χ3n) is 5.40. The van der Waals surface area contributed by atoms with Crippen LogP contribution in [0.2, 0.25) is 0 Å². The number of hydrogen-bond acceptors (Lipinski definition) is 8. The van der Waals surface area contributed by atoms with Crippen LogP contribution < -0.4 is 0 Å². The topological polar surface area (TPSA) is 130 Å². The second kappa shape index (κ2) is 7.98. The predicted molar refractivity (Wildman–Crippen MR) is 97.8 cm³/mol. The highest BCUT2D eigenvalue weighted by molar-refractivity contribution is 5.92. The molecule has 0 amide bonds. The van der Waals surface area contributed by atoms with Crippen LogP contribution >= 0.6 is 0 Å². The lowest BCUT2D eigenvalue weighted by Gasteiger charge is -2.37. The van der Waals surface area contributed by atoms with Crippen LogP contribution in [-0.2, 0) is 23.9 Å². The van der Waals surface area contributed by atoms with Crippen molar-refractivity contribution in [1.82, 2.24) is 0 Å². The van der Waals surface area contributed by atoms with Gasteiger partial charge in [0.25, 0.3) is 0 Å². The van der Waals surface area contributed by atoms with Gasteiger partial charge in [-0.25, -0.2) is 9.59 Å². The number of aliphatic hydroxyl groups is 3. The first-order chi connectivity index (χ1) is 12.9. The molecule has 1 fully saturated rings. The summed E-state index contributed by atoms with van der Waals surface area (Å²) in [5, 5.41) is 31.7. The summed E-state index contributed by atoms with van der Waals surface area (Å²) in [4.78, 5) is 37.0. The van der Waals surface area contributed by atoms with Crippen LogP contribution in [0.25, 0.3) is 0 Å². The van der Waals surface area contributed by atoms with Crippen molar-refractivity contribution < 1.29 is 39.2 Å². The second-order valence-corrected chi connectivity index (χ2v) is 7.41. The molecule has 0 spiro atoms. The number of hydrogen-bond donors (Lipinski definition) is 3. The van der Waals surface area contributed by atoms with E-state index in [0.29, 0.717) is 5.57 Å². The molecule has 3 N–H and O–H groups in total. The molecule has 0 saturated carbocycles. The molecule has 2 aliphatic rings. The lowest BCUT2D eigenvalue weighted by atomic mass is 9.77. The summed E-state index contributed by atoms with van der Waals surface area (Å²) in [6.45, 7) is 9.41. The summed E-state index contributed by atoms with van der Waals surface area (Å²) < 4.78 is 10.7. The molecule has 1 heterocycles. The van der Waals surface area contributed by atoms with E-state index in [-0.39, 0.29) is 11.1 Å². The lowest BCUT2D eigenvalue weighted by molar-refractivity contribution is -0.180. The molecule has 0 aromatic heterocycles. The van der Waals surface area contributed by atoms with E-state index in [1.807, 2.05) is 0 Å². The van der Waals surface area contributed by atoms with Crippen LogP contribution in [0, 0.1) is 5.92 Å². The van der Waals surface area contributed by atoms with Crippen LogP contribution in [0.4, 0.5) is 0 Å². The number of ketones is 1. The minimum Gasteiger partial charge on any atom is -0.455 e. The number of allylic oxidation sites excluding steroid dienone is 1. The number of fused-ring (bicyclic) bond motifs is 1. The van der Waals surface area contributed by atoms with Crippen molar-refractivity contribution in [3.8, 4) is 0 Å². The fraction of sp³-hybridized carbons (Fsp3) is 0.550. The Morgan fingerprint density at radius 3 is 2.57 bits per heavy atom. The summed E-state index contributed by atoms with van der Waals surface area (Å²) in [5.41, 5.74) is -1.83. The Labute approximate surface area is 163 Å². The largest absolute Gasteiger partial charge is 0.455 e. The third kappa shape index (κ3) is 3.94. The zero-order chi connectivity index (χ0) is 21.4. The first kappa shape index (κ1) is 22.0. The van der Waals surface area contributed by atoms with Crippen molar-refractivity contribution >= 4 is 17.7 Å². The molecule has 154 valence electrons. The monoisotopic (exact) mass is 394 g/mol. The van der Waals surface area contributed by atoms with Gasteiger partial charge in [0.1, 0.15) is 23.9 Å². The fourth-order valence-electron chi connectivity index (χ4n) is 3.20. The SMILES string of the molecule is C=C1C(=O)O[C@@H]2/C=C(\C)[C@H](O)CC(=O)[C@@](C)(O)[C@@H](O)[C@@H](OC(=O)/C(C)=C\C)[C@@H]12. The molecule has 0 bridgehead atoms. The molecule has 0 unspecified atom stereocenters. The van der Waals surface area contributed by atoms with Gasteiger partial charge >= 0.3 is 11.9 Å². The van der Waals surface area contributed by atoms with Gasteiger partial charge in [-0.2, -0.15) is 0 Å². The molecule has 2 rings (SSSR count). The normalized spacial score (nSPS) is 39.0. The number of aliphatic hydroxyl groups excluding tert-OH is 2. The average molecular weight is 394 g/mol. The maximum Gasteiger partial charge on any atom is 0.334 e. The number of carbonyl (C=O) groups is 3. The van der Waals surface area contributed by atoms with Crippen LogP contribution in [0.5, 0.6) is 0 Å². The molecule has 28 heavy (non-hydrogen) atoms. The van der Waals surface area contributed by atoms with Crippen LogP contribution in [0.15, 0.2) is 35.5 Å². The van der Waals surface area contributed by atoms with Gasteiger partial charge in [-0.1, -0.05) is 12.7 Å². The van der Waals surface area contributed by atoms with Gasteiger partial charge in [0.05, 0.1) is 12.0 Å². The standard InChI is InChI=1S/C20H26O8/c1-6-9(2)18(24)28-16-15-11(4)19(25)27-13(15)7-10(3)12(21)8-14(22)20(5,26)17(16)23/h6-7,12-13,15-17,21,23,26H,4,8H2,1-3,5H3/b9-6-,10-7+/t12-,13-,15+,16+,17+,20-/m1/s1. The Morgan fingerprint density at radius 2 is 2.00 bits per heavy atom. The zero-order valence-corrected chi connectivity index (χ0v) is 16.3. The molecule has 6 atom stereocenters. The smallest absolute Gasteiger partial charge is 0.334 e. The minimum atomic E-state index is -2.34. The number of carbonyl (C=O) groups excluding carboxylic acids is 3. The molecule has 0 aromatic rings. The number of rotatable bonds is 2. The molecule has 8 nitrogen and oxygen atoms in total. The van der Waals surface area contributed by atoms with E-state index in [1.165, 1.54) is 19.1 Å². The Balaban J connectivity index is 2.61. The molecule has 0 radical (unpaired) electrons. The van der Waals surface area contributed by atoms with Crippen LogP contribution in [0.3, 0.4) is 0 Å².